The number of hydrogen-bond donors (Lipinski definition) is 1. The van der Waals surface area contributed by atoms with Gasteiger partial charge in [-0.05, 0) is 64.1 Å². The number of nitrogens with zero attached hydrogens (tertiary/aromatic N) is 1. The molecule has 2 rings (SSSR count). The molecule has 0 aromatic heterocycles. The average molecular weight is 224 g/mol. The maximum Gasteiger partial charge on any atom is 0.00639 e. The minimum Gasteiger partial charge on any atom is -0.317 e. The Balaban J connectivity index is 1.75. The Kier molecular flexibility index (Phi) is 3.91. The summed E-state index contributed by atoms with van der Waals surface area (Å²) in [4.78, 5) is 2.59. The minimum atomic E-state index is 0.755. The molecule has 0 bridgehead atoms. The van der Waals surface area contributed by atoms with E-state index in [1.54, 1.807) is 0 Å². The van der Waals surface area contributed by atoms with E-state index in [0.717, 1.165) is 17.4 Å². The van der Waals surface area contributed by atoms with Gasteiger partial charge in [0.2, 0.25) is 0 Å². The molecule has 2 nitrogen and oxygen atoms in total. The SMILES string of the molecule is CCCC(C)N(C)CC1CC12CCNCC2. The van der Waals surface area contributed by atoms with E-state index in [-0.39, 0.29) is 0 Å². The highest BCUT2D eigenvalue weighted by molar-refractivity contribution is 5.05. The molecule has 1 saturated carbocycles. The lowest BCUT2D eigenvalue weighted by Gasteiger charge is -2.28. The second-order valence-corrected chi connectivity index (χ2v) is 6.09. The molecule has 16 heavy (non-hydrogen) atoms. The summed E-state index contributed by atoms with van der Waals surface area (Å²) in [6.07, 6.45) is 7.00. The van der Waals surface area contributed by atoms with Crippen LogP contribution in [-0.2, 0) is 0 Å². The zero-order valence-electron chi connectivity index (χ0n) is 11.3. The summed E-state index contributed by atoms with van der Waals surface area (Å²) in [5.74, 6) is 0.999. The van der Waals surface area contributed by atoms with Gasteiger partial charge >= 0.3 is 0 Å². The Hall–Kier alpha value is -0.0800. The van der Waals surface area contributed by atoms with Crippen molar-refractivity contribution in [3.05, 3.63) is 0 Å². The van der Waals surface area contributed by atoms with Crippen molar-refractivity contribution in [2.75, 3.05) is 26.7 Å². The summed E-state index contributed by atoms with van der Waals surface area (Å²) in [5.41, 5.74) is 0.755. The van der Waals surface area contributed by atoms with E-state index in [4.69, 9.17) is 0 Å². The molecule has 1 aliphatic carbocycles. The van der Waals surface area contributed by atoms with Crippen molar-refractivity contribution in [3.8, 4) is 0 Å². The maximum absolute atomic E-state index is 3.48. The van der Waals surface area contributed by atoms with Crippen LogP contribution in [0.5, 0.6) is 0 Å². The highest BCUT2D eigenvalue weighted by Crippen LogP contribution is 2.58. The Morgan fingerprint density at radius 2 is 2.06 bits per heavy atom. The van der Waals surface area contributed by atoms with Crippen molar-refractivity contribution in [3.63, 3.8) is 0 Å². The molecule has 0 aromatic rings. The van der Waals surface area contributed by atoms with Crippen LogP contribution in [0.2, 0.25) is 0 Å². The molecule has 0 amide bonds. The zero-order chi connectivity index (χ0) is 11.6. The molecule has 1 N–H and O–H groups in total. The summed E-state index contributed by atoms with van der Waals surface area (Å²) in [7, 11) is 2.31. The van der Waals surface area contributed by atoms with E-state index in [1.165, 1.54) is 51.7 Å². The molecule has 1 aliphatic heterocycles. The highest BCUT2D eigenvalue weighted by Gasteiger charge is 2.53. The van der Waals surface area contributed by atoms with Gasteiger partial charge in [-0.2, -0.15) is 0 Å². The maximum atomic E-state index is 3.48. The fraction of sp³-hybridized carbons (Fsp3) is 1.00. The Labute approximate surface area is 101 Å². The van der Waals surface area contributed by atoms with Crippen LogP contribution in [0, 0.1) is 11.3 Å². The van der Waals surface area contributed by atoms with Gasteiger partial charge in [0.15, 0.2) is 0 Å². The first-order valence-electron chi connectivity index (χ1n) is 7.09. The second kappa shape index (κ2) is 5.05. The average Bonchev–Trinajstić information content (AvgIpc) is 2.92. The molecule has 2 fully saturated rings. The van der Waals surface area contributed by atoms with Crippen LogP contribution in [0.1, 0.15) is 46.0 Å². The van der Waals surface area contributed by atoms with Gasteiger partial charge in [0.05, 0.1) is 0 Å². The summed E-state index contributed by atoms with van der Waals surface area (Å²) >= 11 is 0. The van der Waals surface area contributed by atoms with Gasteiger partial charge in [-0.15, -0.1) is 0 Å². The highest BCUT2D eigenvalue weighted by atomic mass is 15.1. The number of piperidine rings is 1. The van der Waals surface area contributed by atoms with Crippen molar-refractivity contribution in [1.82, 2.24) is 10.2 Å². The predicted molar refractivity (Wildman–Crippen MR) is 69.6 cm³/mol. The monoisotopic (exact) mass is 224 g/mol. The topological polar surface area (TPSA) is 15.3 Å². The first-order valence-corrected chi connectivity index (χ1v) is 7.09. The lowest BCUT2D eigenvalue weighted by molar-refractivity contribution is 0.210. The molecular weight excluding hydrogens is 196 g/mol. The predicted octanol–water partition coefficient (Wildman–Crippen LogP) is 2.50. The molecule has 1 spiro atoms. The Bertz CT molecular complexity index is 221. The van der Waals surface area contributed by atoms with E-state index in [9.17, 15) is 0 Å². The number of hydrogen-bond acceptors (Lipinski definition) is 2. The molecule has 0 aromatic carbocycles. The molecule has 94 valence electrons. The van der Waals surface area contributed by atoms with Crippen LogP contribution < -0.4 is 5.32 Å². The smallest absolute Gasteiger partial charge is 0.00639 e. The Morgan fingerprint density at radius 3 is 2.69 bits per heavy atom. The summed E-state index contributed by atoms with van der Waals surface area (Å²) < 4.78 is 0. The van der Waals surface area contributed by atoms with Gasteiger partial charge in [0.25, 0.3) is 0 Å². The normalized spacial score (nSPS) is 29.6. The van der Waals surface area contributed by atoms with Crippen LogP contribution in [0.3, 0.4) is 0 Å². The molecule has 1 heterocycles. The lowest BCUT2D eigenvalue weighted by Crippen LogP contribution is -2.34. The van der Waals surface area contributed by atoms with Crippen LogP contribution in [0.15, 0.2) is 0 Å². The third-order valence-corrected chi connectivity index (χ3v) is 4.93. The third-order valence-electron chi connectivity index (χ3n) is 4.93. The largest absolute Gasteiger partial charge is 0.317 e. The minimum absolute atomic E-state index is 0.755. The van der Waals surface area contributed by atoms with Gasteiger partial charge in [-0.25, -0.2) is 0 Å². The van der Waals surface area contributed by atoms with E-state index >= 15 is 0 Å². The van der Waals surface area contributed by atoms with Crippen LogP contribution in [0.25, 0.3) is 0 Å². The van der Waals surface area contributed by atoms with Gasteiger partial charge in [-0.3, -0.25) is 0 Å². The molecular formula is C14H28N2. The van der Waals surface area contributed by atoms with Gasteiger partial charge in [0.1, 0.15) is 0 Å². The first kappa shape index (κ1) is 12.4. The van der Waals surface area contributed by atoms with Crippen LogP contribution >= 0.6 is 0 Å². The number of nitrogens with one attached hydrogen (secondary N) is 1. The van der Waals surface area contributed by atoms with E-state index in [0.29, 0.717) is 0 Å². The Morgan fingerprint density at radius 1 is 1.38 bits per heavy atom. The van der Waals surface area contributed by atoms with Gasteiger partial charge in [-0.1, -0.05) is 13.3 Å². The summed E-state index contributed by atoms with van der Waals surface area (Å²) in [5, 5.41) is 3.48. The van der Waals surface area contributed by atoms with Crippen molar-refractivity contribution in [2.45, 2.75) is 52.0 Å². The van der Waals surface area contributed by atoms with Crippen LogP contribution in [0.4, 0.5) is 0 Å². The first-order chi connectivity index (χ1) is 7.68. The van der Waals surface area contributed by atoms with E-state index in [1.807, 2.05) is 0 Å². The van der Waals surface area contributed by atoms with Gasteiger partial charge in [0, 0.05) is 12.6 Å². The summed E-state index contributed by atoms with van der Waals surface area (Å²) in [6.45, 7) is 8.51. The quantitative estimate of drug-likeness (QED) is 0.772. The van der Waals surface area contributed by atoms with E-state index in [2.05, 4.69) is 31.1 Å². The van der Waals surface area contributed by atoms with E-state index < -0.39 is 0 Å². The van der Waals surface area contributed by atoms with Crippen molar-refractivity contribution in [2.24, 2.45) is 11.3 Å². The van der Waals surface area contributed by atoms with Crippen LogP contribution in [-0.4, -0.2) is 37.6 Å². The third kappa shape index (κ3) is 2.60. The molecule has 2 aliphatic rings. The van der Waals surface area contributed by atoms with Crippen molar-refractivity contribution in [1.29, 1.82) is 0 Å². The zero-order valence-corrected chi connectivity index (χ0v) is 11.3. The van der Waals surface area contributed by atoms with Crippen molar-refractivity contribution < 1.29 is 0 Å². The second-order valence-electron chi connectivity index (χ2n) is 6.09. The standard InChI is InChI=1S/C14H28N2/c1-4-5-12(2)16(3)11-13-10-14(13)6-8-15-9-7-14/h12-13,15H,4-11H2,1-3H3. The molecule has 2 heteroatoms. The summed E-state index contributed by atoms with van der Waals surface area (Å²) in [6, 6.07) is 0.768. The lowest BCUT2D eigenvalue weighted by atomic mass is 9.92. The molecule has 0 radical (unpaired) electrons. The van der Waals surface area contributed by atoms with Crippen molar-refractivity contribution >= 4 is 0 Å². The van der Waals surface area contributed by atoms with Gasteiger partial charge < -0.3 is 10.2 Å². The molecule has 1 saturated heterocycles. The molecule has 2 unspecified atom stereocenters. The fourth-order valence-electron chi connectivity index (χ4n) is 3.39. The number of rotatable bonds is 5. The fourth-order valence-corrected chi connectivity index (χ4v) is 3.39. The molecule has 2 atom stereocenters.